The molecule has 0 spiro atoms. The van der Waals surface area contributed by atoms with Crippen LogP contribution in [0.3, 0.4) is 0 Å². The number of hydrogen-bond acceptors (Lipinski definition) is 3. The largest absolute Gasteiger partial charge is 0.497 e. The minimum absolute atomic E-state index is 0.0927. The van der Waals surface area contributed by atoms with Gasteiger partial charge < -0.3 is 10.5 Å². The van der Waals surface area contributed by atoms with E-state index >= 15 is 0 Å². The topological polar surface area (TPSA) is 48.1 Å². The van der Waals surface area contributed by atoms with Crippen LogP contribution < -0.4 is 10.5 Å². The lowest BCUT2D eigenvalue weighted by Crippen LogP contribution is -2.13. The summed E-state index contributed by atoms with van der Waals surface area (Å²) < 4.78 is 5.11. The zero-order valence-electron chi connectivity index (χ0n) is 7.73. The summed E-state index contributed by atoms with van der Waals surface area (Å²) in [6, 6.07) is 3.85. The van der Waals surface area contributed by atoms with Gasteiger partial charge in [0.2, 0.25) is 0 Å². The molecule has 3 nitrogen and oxygen atoms in total. The molecular formula is C10H14N2O. The van der Waals surface area contributed by atoms with Crippen LogP contribution in [0.25, 0.3) is 0 Å². The zero-order chi connectivity index (χ0) is 9.26. The number of aromatic nitrogens is 1. The van der Waals surface area contributed by atoms with Crippen molar-refractivity contribution in [3.05, 3.63) is 24.0 Å². The first-order valence-electron chi connectivity index (χ1n) is 4.57. The van der Waals surface area contributed by atoms with Crippen LogP contribution in [-0.2, 0) is 0 Å². The van der Waals surface area contributed by atoms with Crippen LogP contribution in [0, 0.1) is 5.92 Å². The lowest BCUT2D eigenvalue weighted by molar-refractivity contribution is 0.412. The highest BCUT2D eigenvalue weighted by atomic mass is 16.5. The SMILES string of the molecule is COc1ccnc([C@H](N)C2CC2)c1. The molecule has 13 heavy (non-hydrogen) atoms. The van der Waals surface area contributed by atoms with Crippen LogP contribution in [0.1, 0.15) is 24.6 Å². The van der Waals surface area contributed by atoms with E-state index < -0.39 is 0 Å². The Morgan fingerprint density at radius 1 is 1.62 bits per heavy atom. The summed E-state index contributed by atoms with van der Waals surface area (Å²) in [5, 5.41) is 0. The van der Waals surface area contributed by atoms with Gasteiger partial charge in [0, 0.05) is 18.3 Å². The number of ether oxygens (including phenoxy) is 1. The van der Waals surface area contributed by atoms with Crippen LogP contribution in [-0.4, -0.2) is 12.1 Å². The first kappa shape index (κ1) is 8.51. The van der Waals surface area contributed by atoms with E-state index in [1.807, 2.05) is 12.1 Å². The molecule has 1 atom stereocenters. The summed E-state index contributed by atoms with van der Waals surface area (Å²) in [6.45, 7) is 0. The molecule has 0 saturated heterocycles. The third-order valence-corrected chi connectivity index (χ3v) is 2.46. The maximum absolute atomic E-state index is 6.01. The van der Waals surface area contributed by atoms with E-state index in [1.165, 1.54) is 12.8 Å². The maximum atomic E-state index is 6.01. The molecular weight excluding hydrogens is 164 g/mol. The second kappa shape index (κ2) is 3.34. The normalized spacial score (nSPS) is 18.3. The second-order valence-corrected chi connectivity index (χ2v) is 3.48. The molecule has 1 aromatic heterocycles. The summed E-state index contributed by atoms with van der Waals surface area (Å²) in [6.07, 6.45) is 4.22. The molecule has 2 N–H and O–H groups in total. The van der Waals surface area contributed by atoms with E-state index in [0.29, 0.717) is 5.92 Å². The third kappa shape index (κ3) is 1.80. The summed E-state index contributed by atoms with van der Waals surface area (Å²) in [5.41, 5.74) is 6.95. The van der Waals surface area contributed by atoms with Crippen molar-refractivity contribution in [2.24, 2.45) is 11.7 Å². The summed E-state index contributed by atoms with van der Waals surface area (Å²) in [4.78, 5) is 4.24. The Morgan fingerprint density at radius 2 is 2.38 bits per heavy atom. The van der Waals surface area contributed by atoms with Crippen molar-refractivity contribution >= 4 is 0 Å². The Morgan fingerprint density at radius 3 is 3.00 bits per heavy atom. The van der Waals surface area contributed by atoms with Crippen LogP contribution in [0.4, 0.5) is 0 Å². The highest BCUT2D eigenvalue weighted by Gasteiger charge is 2.30. The molecule has 3 heteroatoms. The van der Waals surface area contributed by atoms with Gasteiger partial charge in [-0.05, 0) is 24.8 Å². The summed E-state index contributed by atoms with van der Waals surface area (Å²) in [7, 11) is 1.65. The van der Waals surface area contributed by atoms with Crippen LogP contribution in [0.2, 0.25) is 0 Å². The van der Waals surface area contributed by atoms with Crippen molar-refractivity contribution in [2.75, 3.05) is 7.11 Å². The first-order valence-corrected chi connectivity index (χ1v) is 4.57. The molecule has 1 aliphatic rings. The molecule has 0 unspecified atom stereocenters. The molecule has 0 aliphatic heterocycles. The predicted molar refractivity (Wildman–Crippen MR) is 50.4 cm³/mol. The fourth-order valence-corrected chi connectivity index (χ4v) is 1.43. The Balaban J connectivity index is 2.18. The lowest BCUT2D eigenvalue weighted by Gasteiger charge is -2.10. The molecule has 70 valence electrons. The minimum Gasteiger partial charge on any atom is -0.497 e. The van der Waals surface area contributed by atoms with Crippen molar-refractivity contribution < 1.29 is 4.74 Å². The standard InChI is InChI=1S/C10H14N2O/c1-13-8-4-5-12-9(6-8)10(11)7-2-3-7/h4-7,10H,2-3,11H2,1H3/t10-/m1/s1. The Kier molecular flexibility index (Phi) is 2.19. The molecule has 2 rings (SSSR count). The molecule has 1 heterocycles. The monoisotopic (exact) mass is 178 g/mol. The average Bonchev–Trinajstić information content (AvgIpc) is 3.00. The molecule has 0 bridgehead atoms. The van der Waals surface area contributed by atoms with Gasteiger partial charge >= 0.3 is 0 Å². The third-order valence-electron chi connectivity index (χ3n) is 2.46. The van der Waals surface area contributed by atoms with Gasteiger partial charge in [0.15, 0.2) is 0 Å². The van der Waals surface area contributed by atoms with E-state index in [2.05, 4.69) is 4.98 Å². The van der Waals surface area contributed by atoms with Crippen LogP contribution in [0.15, 0.2) is 18.3 Å². The fourth-order valence-electron chi connectivity index (χ4n) is 1.43. The van der Waals surface area contributed by atoms with Gasteiger partial charge in [-0.3, -0.25) is 4.98 Å². The average molecular weight is 178 g/mol. The van der Waals surface area contributed by atoms with Gasteiger partial charge in [-0.2, -0.15) is 0 Å². The van der Waals surface area contributed by atoms with Crippen molar-refractivity contribution in [1.29, 1.82) is 0 Å². The number of hydrogen-bond donors (Lipinski definition) is 1. The van der Waals surface area contributed by atoms with Crippen molar-refractivity contribution in [1.82, 2.24) is 4.98 Å². The van der Waals surface area contributed by atoms with Gasteiger partial charge in [0.25, 0.3) is 0 Å². The minimum atomic E-state index is 0.0927. The summed E-state index contributed by atoms with van der Waals surface area (Å²) >= 11 is 0. The number of pyridine rings is 1. The number of methoxy groups -OCH3 is 1. The van der Waals surface area contributed by atoms with Gasteiger partial charge in [0.05, 0.1) is 12.8 Å². The van der Waals surface area contributed by atoms with E-state index in [-0.39, 0.29) is 6.04 Å². The zero-order valence-corrected chi connectivity index (χ0v) is 7.73. The van der Waals surface area contributed by atoms with E-state index in [4.69, 9.17) is 10.5 Å². The van der Waals surface area contributed by atoms with Crippen molar-refractivity contribution in [3.63, 3.8) is 0 Å². The first-order chi connectivity index (χ1) is 6.31. The smallest absolute Gasteiger partial charge is 0.122 e. The van der Waals surface area contributed by atoms with Gasteiger partial charge in [-0.15, -0.1) is 0 Å². The highest BCUT2D eigenvalue weighted by molar-refractivity contribution is 5.25. The van der Waals surface area contributed by atoms with Crippen molar-refractivity contribution in [2.45, 2.75) is 18.9 Å². The van der Waals surface area contributed by atoms with E-state index in [1.54, 1.807) is 13.3 Å². The maximum Gasteiger partial charge on any atom is 0.122 e. The number of nitrogens with zero attached hydrogens (tertiary/aromatic N) is 1. The molecule has 1 aromatic rings. The molecule has 0 aromatic carbocycles. The van der Waals surface area contributed by atoms with E-state index in [0.717, 1.165) is 11.4 Å². The predicted octanol–water partition coefficient (Wildman–Crippen LogP) is 1.50. The quantitative estimate of drug-likeness (QED) is 0.763. The molecule has 1 saturated carbocycles. The van der Waals surface area contributed by atoms with Crippen molar-refractivity contribution in [3.8, 4) is 5.75 Å². The Labute approximate surface area is 77.9 Å². The second-order valence-electron chi connectivity index (χ2n) is 3.48. The van der Waals surface area contributed by atoms with Gasteiger partial charge in [0.1, 0.15) is 5.75 Å². The number of nitrogens with two attached hydrogens (primary N) is 1. The van der Waals surface area contributed by atoms with E-state index in [9.17, 15) is 0 Å². The highest BCUT2D eigenvalue weighted by Crippen LogP contribution is 2.39. The fraction of sp³-hybridized carbons (Fsp3) is 0.500. The van der Waals surface area contributed by atoms with Gasteiger partial charge in [-0.25, -0.2) is 0 Å². The Hall–Kier alpha value is -1.09. The molecule has 0 radical (unpaired) electrons. The molecule has 1 fully saturated rings. The Bertz CT molecular complexity index is 297. The van der Waals surface area contributed by atoms with Crippen LogP contribution >= 0.6 is 0 Å². The molecule has 1 aliphatic carbocycles. The number of rotatable bonds is 3. The summed E-state index contributed by atoms with van der Waals surface area (Å²) in [5.74, 6) is 1.47. The lowest BCUT2D eigenvalue weighted by atomic mass is 10.1. The van der Waals surface area contributed by atoms with Gasteiger partial charge in [-0.1, -0.05) is 0 Å². The van der Waals surface area contributed by atoms with Crippen LogP contribution in [0.5, 0.6) is 5.75 Å². The molecule has 0 amide bonds.